The quantitative estimate of drug-likeness (QED) is 0.502. The largest absolute Gasteiger partial charge is 0.350 e. The van der Waals surface area contributed by atoms with E-state index in [0.29, 0.717) is 5.56 Å². The van der Waals surface area contributed by atoms with E-state index in [0.717, 1.165) is 20.9 Å². The number of nitro groups is 1. The third-order valence-corrected chi connectivity index (χ3v) is 3.61. The fourth-order valence-electron chi connectivity index (χ4n) is 2.37. The number of hydrogen-bond donors (Lipinski definition) is 0. The highest BCUT2D eigenvalue weighted by atomic mass is 16.6. The van der Waals surface area contributed by atoms with Gasteiger partial charge in [-0.3, -0.25) is 29.4 Å². The Morgan fingerprint density at radius 1 is 0.920 bits per heavy atom. The van der Waals surface area contributed by atoms with Crippen molar-refractivity contribution >= 4 is 5.69 Å². The molecule has 3 rings (SSSR count). The van der Waals surface area contributed by atoms with Crippen molar-refractivity contribution in [1.82, 2.24) is 19.1 Å². The summed E-state index contributed by atoms with van der Waals surface area (Å²) in [6.07, 6.45) is 7.14. The Morgan fingerprint density at radius 3 is 1.96 bits per heavy atom. The van der Waals surface area contributed by atoms with Crippen molar-refractivity contribution in [3.05, 3.63) is 97.3 Å². The van der Waals surface area contributed by atoms with Crippen LogP contribution < -0.4 is 11.2 Å². The van der Waals surface area contributed by atoms with E-state index in [1.807, 2.05) is 0 Å². The predicted octanol–water partition coefficient (Wildman–Crippen LogP) is 0.805. The summed E-state index contributed by atoms with van der Waals surface area (Å²) in [5.74, 6) is 0. The van der Waals surface area contributed by atoms with Gasteiger partial charge in [-0.15, -0.1) is 0 Å². The number of rotatable bonds is 5. The average molecular weight is 339 g/mol. The molecule has 0 fully saturated rings. The van der Waals surface area contributed by atoms with Crippen LogP contribution in [-0.2, 0) is 13.1 Å². The summed E-state index contributed by atoms with van der Waals surface area (Å²) in [4.78, 5) is 43.1. The molecule has 0 unspecified atom stereocenters. The van der Waals surface area contributed by atoms with Gasteiger partial charge in [-0.05, 0) is 35.4 Å². The predicted molar refractivity (Wildman–Crippen MR) is 88.3 cm³/mol. The van der Waals surface area contributed by atoms with Gasteiger partial charge in [-0.1, -0.05) is 0 Å². The van der Waals surface area contributed by atoms with Gasteiger partial charge in [0, 0.05) is 24.8 Å². The summed E-state index contributed by atoms with van der Waals surface area (Å²) in [6, 6.07) is 6.66. The maximum absolute atomic E-state index is 12.6. The number of hydrogen-bond acceptors (Lipinski definition) is 6. The molecule has 0 saturated carbocycles. The molecular formula is C16H13N5O4. The molecule has 3 aromatic rings. The third kappa shape index (κ3) is 3.50. The van der Waals surface area contributed by atoms with Gasteiger partial charge in [0.1, 0.15) is 0 Å². The van der Waals surface area contributed by atoms with Gasteiger partial charge < -0.3 is 0 Å². The zero-order valence-electron chi connectivity index (χ0n) is 13.0. The summed E-state index contributed by atoms with van der Waals surface area (Å²) in [7, 11) is 0. The first kappa shape index (κ1) is 16.2. The minimum absolute atomic E-state index is 0.0712. The van der Waals surface area contributed by atoms with Gasteiger partial charge in [0.05, 0.1) is 24.2 Å². The van der Waals surface area contributed by atoms with Gasteiger partial charge in [-0.25, -0.2) is 9.36 Å². The van der Waals surface area contributed by atoms with Crippen LogP contribution in [-0.4, -0.2) is 24.0 Å². The van der Waals surface area contributed by atoms with Crippen LogP contribution in [0.25, 0.3) is 0 Å². The molecule has 0 aliphatic carbocycles. The lowest BCUT2D eigenvalue weighted by Crippen LogP contribution is -2.40. The van der Waals surface area contributed by atoms with E-state index in [-0.39, 0.29) is 13.1 Å². The molecule has 126 valence electrons. The fourth-order valence-corrected chi connectivity index (χ4v) is 2.37. The second-order valence-corrected chi connectivity index (χ2v) is 5.28. The Bertz CT molecular complexity index is 1010. The zero-order chi connectivity index (χ0) is 17.8. The summed E-state index contributed by atoms with van der Waals surface area (Å²) in [5.41, 5.74) is -0.824. The minimum Gasteiger partial charge on any atom is -0.289 e. The molecule has 3 aromatic heterocycles. The third-order valence-electron chi connectivity index (χ3n) is 3.61. The maximum Gasteiger partial charge on any atom is 0.350 e. The molecule has 9 nitrogen and oxygen atoms in total. The molecule has 25 heavy (non-hydrogen) atoms. The van der Waals surface area contributed by atoms with Gasteiger partial charge in [0.2, 0.25) is 0 Å². The lowest BCUT2D eigenvalue weighted by Gasteiger charge is -2.10. The first-order valence-electron chi connectivity index (χ1n) is 7.33. The molecule has 0 radical (unpaired) electrons. The van der Waals surface area contributed by atoms with E-state index in [4.69, 9.17) is 0 Å². The molecule has 0 spiro atoms. The van der Waals surface area contributed by atoms with E-state index in [1.54, 1.807) is 36.7 Å². The van der Waals surface area contributed by atoms with Crippen molar-refractivity contribution in [3.63, 3.8) is 0 Å². The van der Waals surface area contributed by atoms with Crippen LogP contribution in [0.4, 0.5) is 5.69 Å². The molecular weight excluding hydrogens is 326 g/mol. The van der Waals surface area contributed by atoms with E-state index in [9.17, 15) is 19.7 Å². The lowest BCUT2D eigenvalue weighted by atomic mass is 10.2. The number of nitrogens with zero attached hydrogens (tertiary/aromatic N) is 5. The molecule has 0 atom stereocenters. The van der Waals surface area contributed by atoms with Crippen molar-refractivity contribution in [2.75, 3.05) is 0 Å². The van der Waals surface area contributed by atoms with Crippen molar-refractivity contribution in [3.8, 4) is 0 Å². The summed E-state index contributed by atoms with van der Waals surface area (Å²) in [5, 5.41) is 11.2. The Labute approximate surface area is 141 Å². The van der Waals surface area contributed by atoms with Gasteiger partial charge in [0.15, 0.2) is 0 Å². The monoisotopic (exact) mass is 339 g/mol. The van der Waals surface area contributed by atoms with Crippen molar-refractivity contribution in [2.24, 2.45) is 0 Å². The number of aromatic nitrogens is 4. The summed E-state index contributed by atoms with van der Waals surface area (Å²) >= 11 is 0. The van der Waals surface area contributed by atoms with Crippen LogP contribution in [0.2, 0.25) is 0 Å². The Morgan fingerprint density at radius 2 is 1.44 bits per heavy atom. The first-order chi connectivity index (χ1) is 12.1. The minimum atomic E-state index is -0.933. The molecule has 0 N–H and O–H groups in total. The Hall–Kier alpha value is -3.62. The van der Waals surface area contributed by atoms with Crippen LogP contribution in [0, 0.1) is 10.1 Å². The van der Waals surface area contributed by atoms with Crippen LogP contribution in [0.5, 0.6) is 0 Å². The zero-order valence-corrected chi connectivity index (χ0v) is 13.0. The number of pyridine rings is 2. The second kappa shape index (κ2) is 6.87. The van der Waals surface area contributed by atoms with Crippen molar-refractivity contribution in [1.29, 1.82) is 0 Å². The SMILES string of the molecule is O=c1c([N+](=O)[O-])cn(Cc2ccncc2)c(=O)n1Cc1ccncc1. The highest BCUT2D eigenvalue weighted by Gasteiger charge is 2.20. The van der Waals surface area contributed by atoms with Crippen molar-refractivity contribution in [2.45, 2.75) is 13.1 Å². The Kier molecular flexibility index (Phi) is 4.46. The van der Waals surface area contributed by atoms with Gasteiger partial charge in [0.25, 0.3) is 0 Å². The second-order valence-electron chi connectivity index (χ2n) is 5.28. The van der Waals surface area contributed by atoms with Crippen molar-refractivity contribution < 1.29 is 4.92 Å². The topological polar surface area (TPSA) is 113 Å². The highest BCUT2D eigenvalue weighted by Crippen LogP contribution is 2.05. The molecule has 0 amide bonds. The van der Waals surface area contributed by atoms with Gasteiger partial charge in [-0.2, -0.15) is 0 Å². The normalized spacial score (nSPS) is 10.6. The average Bonchev–Trinajstić information content (AvgIpc) is 2.62. The fraction of sp³-hybridized carbons (Fsp3) is 0.125. The lowest BCUT2D eigenvalue weighted by molar-refractivity contribution is -0.387. The molecule has 3 heterocycles. The molecule has 0 aromatic carbocycles. The van der Waals surface area contributed by atoms with Crippen LogP contribution >= 0.6 is 0 Å². The summed E-state index contributed by atoms with van der Waals surface area (Å²) in [6.45, 7) is 0.0248. The van der Waals surface area contributed by atoms with Crippen LogP contribution in [0.1, 0.15) is 11.1 Å². The van der Waals surface area contributed by atoms with E-state index in [1.165, 1.54) is 12.4 Å². The van der Waals surface area contributed by atoms with Crippen LogP contribution in [0.3, 0.4) is 0 Å². The smallest absolute Gasteiger partial charge is 0.289 e. The van der Waals surface area contributed by atoms with E-state index >= 15 is 0 Å². The molecule has 0 saturated heterocycles. The van der Waals surface area contributed by atoms with E-state index in [2.05, 4.69) is 9.97 Å². The van der Waals surface area contributed by atoms with E-state index < -0.39 is 21.9 Å². The Balaban J connectivity index is 2.11. The molecule has 0 aliphatic rings. The van der Waals surface area contributed by atoms with Crippen LogP contribution in [0.15, 0.2) is 64.8 Å². The molecule has 0 bridgehead atoms. The summed E-state index contributed by atoms with van der Waals surface area (Å²) < 4.78 is 2.00. The first-order valence-corrected chi connectivity index (χ1v) is 7.33. The highest BCUT2D eigenvalue weighted by molar-refractivity contribution is 5.24. The molecule has 0 aliphatic heterocycles. The molecule has 9 heteroatoms. The maximum atomic E-state index is 12.6. The van der Waals surface area contributed by atoms with Gasteiger partial charge >= 0.3 is 16.9 Å². The standard InChI is InChI=1S/C16H13N5O4/c22-15-14(21(24)25)11-19(9-12-1-5-17-6-2-12)16(23)20(15)10-13-3-7-18-8-4-13/h1-8,11H,9-10H2.